The van der Waals surface area contributed by atoms with E-state index in [9.17, 15) is 24.0 Å². The lowest BCUT2D eigenvalue weighted by atomic mass is 9.86. The molecule has 2 aromatic carbocycles. The number of amides is 5. The summed E-state index contributed by atoms with van der Waals surface area (Å²) in [5.41, 5.74) is 5.01. The number of hydrogen-bond donors (Lipinski definition) is 3. The number of anilines is 2. The van der Waals surface area contributed by atoms with Gasteiger partial charge in [-0.1, -0.05) is 24.3 Å². The van der Waals surface area contributed by atoms with Gasteiger partial charge in [-0.05, 0) is 74.6 Å². The summed E-state index contributed by atoms with van der Waals surface area (Å²) in [5, 5.41) is 8.76. The van der Waals surface area contributed by atoms with E-state index in [0.717, 1.165) is 66.5 Å². The Balaban J connectivity index is 0.725. The third kappa shape index (κ3) is 7.75. The van der Waals surface area contributed by atoms with E-state index in [0.29, 0.717) is 60.1 Å². The highest BCUT2D eigenvalue weighted by Gasteiger charge is 2.46. The quantitative estimate of drug-likeness (QED) is 0.116. The fourth-order valence-electron chi connectivity index (χ4n) is 8.49. The first-order valence-corrected chi connectivity index (χ1v) is 20.4. The Morgan fingerprint density at radius 2 is 1.75 bits per heavy atom. The van der Waals surface area contributed by atoms with E-state index >= 15 is 0 Å². The zero-order valence-corrected chi connectivity index (χ0v) is 33.2. The summed E-state index contributed by atoms with van der Waals surface area (Å²) in [4.78, 5) is 87.2. The molecule has 4 aliphatic rings. The van der Waals surface area contributed by atoms with Crippen LogP contribution in [0.25, 0.3) is 11.2 Å². The summed E-state index contributed by atoms with van der Waals surface area (Å²) in [5.74, 6) is -0.733. The Morgan fingerprint density at radius 3 is 2.57 bits per heavy atom. The number of ether oxygens (including phenoxy) is 1. The largest absolute Gasteiger partial charge is 0.494 e. The van der Waals surface area contributed by atoms with E-state index in [1.165, 1.54) is 0 Å². The van der Waals surface area contributed by atoms with Crippen molar-refractivity contribution in [3.05, 3.63) is 101 Å². The van der Waals surface area contributed by atoms with Gasteiger partial charge in [-0.2, -0.15) is 0 Å². The summed E-state index contributed by atoms with van der Waals surface area (Å²) in [6, 6.07) is 17.9. The second kappa shape index (κ2) is 16.5. The molecule has 3 fully saturated rings. The van der Waals surface area contributed by atoms with E-state index in [2.05, 4.69) is 50.3 Å². The molecule has 0 unspecified atom stereocenters. The highest BCUT2D eigenvalue weighted by Crippen LogP contribution is 2.36. The smallest absolute Gasteiger partial charge is 0.270 e. The van der Waals surface area contributed by atoms with Crippen molar-refractivity contribution < 1.29 is 28.7 Å². The number of imide groups is 2. The maximum Gasteiger partial charge on any atom is 0.270 e. The van der Waals surface area contributed by atoms with Crippen LogP contribution in [0.1, 0.15) is 80.6 Å². The lowest BCUT2D eigenvalue weighted by Gasteiger charge is -2.36. The van der Waals surface area contributed by atoms with Gasteiger partial charge in [0, 0.05) is 63.5 Å². The molecular formula is C43H45N11O6. The molecule has 1 aliphatic carbocycles. The van der Waals surface area contributed by atoms with E-state index in [1.54, 1.807) is 30.9 Å². The third-order valence-corrected chi connectivity index (χ3v) is 11.7. The van der Waals surface area contributed by atoms with Crippen LogP contribution in [0.15, 0.2) is 73.3 Å². The van der Waals surface area contributed by atoms with Gasteiger partial charge in [0.05, 0.1) is 29.7 Å². The van der Waals surface area contributed by atoms with Crippen LogP contribution in [0.3, 0.4) is 0 Å². The first kappa shape index (κ1) is 38.8. The molecule has 1 saturated carbocycles. The maximum atomic E-state index is 13.6. The second-order valence-corrected chi connectivity index (χ2v) is 15.7. The van der Waals surface area contributed by atoms with E-state index in [4.69, 9.17) is 4.74 Å². The Bertz CT molecular complexity index is 2490. The highest BCUT2D eigenvalue weighted by molar-refractivity contribution is 6.25. The standard InChI is InChI=1S/C43H45N11O6/c1-26-6-2-10-32(48-26)40(56)49-28-21-29(22-28)53-25-47-37-38(45-24-46-39(37)53)44-23-27-7-3-8-30(20-27)60-19-5-14-51-15-17-52(18-16-51)33-11-4-9-31-36(33)43(59)54(42(31)58)34-12-13-35(55)50-41(34)57/h2-4,6-11,20,24-25,28-29,34H,5,12-19,21-23H2,1H3,(H,49,56)(H,44,45,46)(H,50,55,57)/t28?,29?,34-/m0/s1. The van der Waals surface area contributed by atoms with Crippen molar-refractivity contribution in [2.45, 2.75) is 63.7 Å². The Hall–Kier alpha value is -6.75. The fourth-order valence-corrected chi connectivity index (χ4v) is 8.49. The predicted octanol–water partition coefficient (Wildman–Crippen LogP) is 3.27. The topological polar surface area (TPSA) is 197 Å². The minimum atomic E-state index is -0.992. The van der Waals surface area contributed by atoms with Gasteiger partial charge in [0.1, 0.15) is 29.3 Å². The molecule has 3 aliphatic heterocycles. The normalized spacial score (nSPS) is 20.5. The zero-order chi connectivity index (χ0) is 41.3. The Morgan fingerprint density at radius 1 is 0.933 bits per heavy atom. The highest BCUT2D eigenvalue weighted by atomic mass is 16.5. The van der Waals surface area contributed by atoms with Crippen molar-refractivity contribution in [2.75, 3.05) is 49.5 Å². The molecule has 9 rings (SSSR count). The van der Waals surface area contributed by atoms with Crippen molar-refractivity contribution in [3.63, 3.8) is 0 Å². The molecule has 60 heavy (non-hydrogen) atoms. The third-order valence-electron chi connectivity index (χ3n) is 11.7. The first-order chi connectivity index (χ1) is 29.2. The minimum Gasteiger partial charge on any atom is -0.494 e. The number of pyridine rings is 1. The Kier molecular flexibility index (Phi) is 10.6. The number of imidazole rings is 1. The van der Waals surface area contributed by atoms with Crippen LogP contribution in [-0.2, 0) is 16.1 Å². The van der Waals surface area contributed by atoms with Gasteiger partial charge in [0.25, 0.3) is 17.7 Å². The molecule has 2 saturated heterocycles. The van der Waals surface area contributed by atoms with Crippen LogP contribution in [0, 0.1) is 6.92 Å². The molecule has 6 heterocycles. The maximum absolute atomic E-state index is 13.6. The van der Waals surface area contributed by atoms with Crippen LogP contribution in [-0.4, -0.2) is 115 Å². The molecule has 0 spiro atoms. The zero-order valence-electron chi connectivity index (χ0n) is 33.2. The number of nitrogens with one attached hydrogen (secondary N) is 3. The van der Waals surface area contributed by atoms with Crippen LogP contribution in [0.4, 0.5) is 11.5 Å². The van der Waals surface area contributed by atoms with Crippen LogP contribution >= 0.6 is 0 Å². The van der Waals surface area contributed by atoms with E-state index in [-0.39, 0.29) is 30.8 Å². The number of rotatable bonds is 13. The van der Waals surface area contributed by atoms with Gasteiger partial charge in [-0.25, -0.2) is 19.9 Å². The SMILES string of the molecule is Cc1cccc(C(=O)NC2CC(n3cnc4c(NCc5cccc(OCCCN6CCN(c7cccc8c7C(=O)N([C@H]7CCC(=O)NC7=O)C8=O)CC6)c5)ncnc43)C2)n1. The number of aromatic nitrogens is 5. The summed E-state index contributed by atoms with van der Waals surface area (Å²) in [7, 11) is 0. The van der Waals surface area contributed by atoms with E-state index < -0.39 is 29.7 Å². The van der Waals surface area contributed by atoms with E-state index in [1.807, 2.05) is 49.4 Å². The molecule has 3 N–H and O–H groups in total. The number of hydrogen-bond acceptors (Lipinski definition) is 13. The lowest BCUT2D eigenvalue weighted by molar-refractivity contribution is -0.136. The molecule has 17 nitrogen and oxygen atoms in total. The van der Waals surface area contributed by atoms with Crippen molar-refractivity contribution in [2.24, 2.45) is 0 Å². The number of nitrogens with zero attached hydrogens (tertiary/aromatic N) is 8. The summed E-state index contributed by atoms with van der Waals surface area (Å²) in [6.45, 7) is 6.71. The van der Waals surface area contributed by atoms with Gasteiger partial charge in [0.2, 0.25) is 11.8 Å². The van der Waals surface area contributed by atoms with Crippen LogP contribution < -0.4 is 25.6 Å². The molecule has 1 atom stereocenters. The van der Waals surface area contributed by atoms with Crippen molar-refractivity contribution in [3.8, 4) is 5.75 Å². The molecular weight excluding hydrogens is 767 g/mol. The fraction of sp³-hybridized carbons (Fsp3) is 0.372. The van der Waals surface area contributed by atoms with Crippen molar-refractivity contribution >= 4 is 52.2 Å². The monoisotopic (exact) mass is 811 g/mol. The minimum absolute atomic E-state index is 0.0568. The number of carbonyl (C=O) groups is 5. The first-order valence-electron chi connectivity index (χ1n) is 20.4. The van der Waals surface area contributed by atoms with Gasteiger partial charge >= 0.3 is 0 Å². The molecule has 0 bridgehead atoms. The predicted molar refractivity (Wildman–Crippen MR) is 219 cm³/mol. The summed E-state index contributed by atoms with van der Waals surface area (Å²) >= 11 is 0. The summed E-state index contributed by atoms with van der Waals surface area (Å²) < 4.78 is 8.21. The molecule has 3 aromatic heterocycles. The number of carbonyl (C=O) groups excluding carboxylic acids is 5. The number of piperazine rings is 1. The van der Waals surface area contributed by atoms with Gasteiger partial charge in [-0.3, -0.25) is 39.1 Å². The number of benzene rings is 2. The summed E-state index contributed by atoms with van der Waals surface area (Å²) in [6.07, 6.45) is 5.92. The van der Waals surface area contributed by atoms with Gasteiger partial charge < -0.3 is 24.8 Å². The lowest BCUT2D eigenvalue weighted by Crippen LogP contribution is -2.54. The number of aryl methyl sites for hydroxylation is 1. The Labute approximate surface area is 345 Å². The molecule has 0 radical (unpaired) electrons. The van der Waals surface area contributed by atoms with Crippen molar-refractivity contribution in [1.82, 2.24) is 44.9 Å². The average molecular weight is 812 g/mol. The van der Waals surface area contributed by atoms with Gasteiger partial charge in [-0.15, -0.1) is 0 Å². The molecule has 5 amide bonds. The molecule has 5 aromatic rings. The number of piperidine rings is 1. The molecule has 17 heteroatoms. The van der Waals surface area contributed by atoms with Gasteiger partial charge in [0.15, 0.2) is 11.5 Å². The second-order valence-electron chi connectivity index (χ2n) is 15.7. The van der Waals surface area contributed by atoms with Crippen LogP contribution in [0.2, 0.25) is 0 Å². The molecule has 308 valence electrons. The van der Waals surface area contributed by atoms with Crippen LogP contribution in [0.5, 0.6) is 5.75 Å². The number of fused-ring (bicyclic) bond motifs is 2. The van der Waals surface area contributed by atoms with Crippen molar-refractivity contribution in [1.29, 1.82) is 0 Å². The average Bonchev–Trinajstić information content (AvgIpc) is 3.78.